The summed E-state index contributed by atoms with van der Waals surface area (Å²) in [7, 11) is -1.06. The number of nitrogens with zero attached hydrogens (tertiary/aromatic N) is 2. The van der Waals surface area contributed by atoms with E-state index in [-0.39, 0.29) is 22.9 Å². The second-order valence-electron chi connectivity index (χ2n) is 6.60. The molecule has 0 aromatic heterocycles. The molecule has 0 N–H and O–H groups in total. The minimum atomic E-state index is -3.83. The van der Waals surface area contributed by atoms with Gasteiger partial charge in [-0.2, -0.15) is 0 Å². The highest BCUT2D eigenvalue weighted by molar-refractivity contribution is 7.92. The van der Waals surface area contributed by atoms with Crippen LogP contribution in [0.3, 0.4) is 0 Å². The molecule has 29 heavy (non-hydrogen) atoms. The maximum absolute atomic E-state index is 13.0. The molecule has 1 unspecified atom stereocenters. The van der Waals surface area contributed by atoms with Gasteiger partial charge in [-0.1, -0.05) is 31.2 Å². The minimum absolute atomic E-state index is 0.0202. The molecule has 7 nitrogen and oxygen atoms in total. The van der Waals surface area contributed by atoms with E-state index in [1.165, 1.54) is 41.6 Å². The SMILES string of the molecule is CCN(CC(C)C(=O)OC)C(=O)c1cccc(S(=O)(=O)N(C)c2ccccc2)c1. The van der Waals surface area contributed by atoms with Crippen LogP contribution in [0.2, 0.25) is 0 Å². The number of methoxy groups -OCH3 is 1. The number of sulfonamides is 1. The van der Waals surface area contributed by atoms with E-state index in [1.807, 2.05) is 0 Å². The normalized spacial score (nSPS) is 12.1. The second kappa shape index (κ2) is 9.56. The number of carbonyl (C=O) groups is 2. The van der Waals surface area contributed by atoms with Crippen LogP contribution < -0.4 is 4.31 Å². The first-order chi connectivity index (χ1) is 13.7. The van der Waals surface area contributed by atoms with Crippen LogP contribution in [0.15, 0.2) is 59.5 Å². The van der Waals surface area contributed by atoms with E-state index >= 15 is 0 Å². The Morgan fingerprint density at radius 1 is 1.07 bits per heavy atom. The number of esters is 1. The predicted octanol–water partition coefficient (Wildman–Crippen LogP) is 2.78. The molecule has 1 atom stereocenters. The molecule has 2 rings (SSSR count). The Hall–Kier alpha value is -2.87. The highest BCUT2D eigenvalue weighted by atomic mass is 32.2. The van der Waals surface area contributed by atoms with Gasteiger partial charge in [0.05, 0.1) is 23.6 Å². The Morgan fingerprint density at radius 3 is 2.31 bits per heavy atom. The lowest BCUT2D eigenvalue weighted by molar-refractivity contribution is -0.145. The molecule has 0 aliphatic rings. The Morgan fingerprint density at radius 2 is 1.72 bits per heavy atom. The monoisotopic (exact) mass is 418 g/mol. The highest BCUT2D eigenvalue weighted by Gasteiger charge is 2.25. The summed E-state index contributed by atoms with van der Waals surface area (Å²) in [6.45, 7) is 4.03. The third kappa shape index (κ3) is 5.14. The standard InChI is InChI=1S/C21H26N2O5S/c1-5-23(15-16(2)21(25)28-4)20(24)17-10-9-13-19(14-17)29(26,27)22(3)18-11-7-6-8-12-18/h6-14,16H,5,15H2,1-4H3. The summed E-state index contributed by atoms with van der Waals surface area (Å²) in [6.07, 6.45) is 0. The van der Waals surface area contributed by atoms with Crippen LogP contribution in [0.1, 0.15) is 24.2 Å². The van der Waals surface area contributed by atoms with Crippen molar-refractivity contribution in [3.8, 4) is 0 Å². The van der Waals surface area contributed by atoms with Crippen molar-refractivity contribution in [1.29, 1.82) is 0 Å². The van der Waals surface area contributed by atoms with Gasteiger partial charge in [-0.05, 0) is 37.3 Å². The van der Waals surface area contributed by atoms with Crippen LogP contribution >= 0.6 is 0 Å². The van der Waals surface area contributed by atoms with Crippen molar-refractivity contribution in [2.45, 2.75) is 18.7 Å². The molecule has 0 aliphatic carbocycles. The molecule has 0 fully saturated rings. The first kappa shape index (κ1) is 22.4. The molecule has 1 amide bonds. The summed E-state index contributed by atoms with van der Waals surface area (Å²) in [4.78, 5) is 26.1. The minimum Gasteiger partial charge on any atom is -0.469 e. The van der Waals surface area contributed by atoms with Crippen LogP contribution in [-0.2, 0) is 19.6 Å². The fraction of sp³-hybridized carbons (Fsp3) is 0.333. The maximum atomic E-state index is 13.0. The van der Waals surface area contributed by atoms with E-state index in [2.05, 4.69) is 0 Å². The molecule has 0 aliphatic heterocycles. The number of anilines is 1. The molecule has 8 heteroatoms. The van der Waals surface area contributed by atoms with Crippen LogP contribution in [0.5, 0.6) is 0 Å². The number of rotatable bonds is 8. The van der Waals surface area contributed by atoms with Gasteiger partial charge in [-0.3, -0.25) is 13.9 Å². The lowest BCUT2D eigenvalue weighted by atomic mass is 10.1. The van der Waals surface area contributed by atoms with E-state index in [9.17, 15) is 18.0 Å². The quantitative estimate of drug-likeness (QED) is 0.616. The number of hydrogen-bond acceptors (Lipinski definition) is 5. The summed E-state index contributed by atoms with van der Waals surface area (Å²) in [6, 6.07) is 14.6. The van der Waals surface area contributed by atoms with Gasteiger partial charge in [0.15, 0.2) is 0 Å². The first-order valence-corrected chi connectivity index (χ1v) is 10.7. The smallest absolute Gasteiger partial charge is 0.310 e. The van der Waals surface area contributed by atoms with Gasteiger partial charge in [0.25, 0.3) is 15.9 Å². The van der Waals surface area contributed by atoms with Crippen molar-refractivity contribution < 1.29 is 22.7 Å². The summed E-state index contributed by atoms with van der Waals surface area (Å²) in [5, 5.41) is 0. The Bertz CT molecular complexity index is 960. The highest BCUT2D eigenvalue weighted by Crippen LogP contribution is 2.23. The lowest BCUT2D eigenvalue weighted by Crippen LogP contribution is -2.37. The zero-order valence-electron chi connectivity index (χ0n) is 17.0. The van der Waals surface area contributed by atoms with Crippen molar-refractivity contribution in [3.63, 3.8) is 0 Å². The average molecular weight is 419 g/mol. The van der Waals surface area contributed by atoms with Gasteiger partial charge in [0.1, 0.15) is 0 Å². The number of benzene rings is 2. The van der Waals surface area contributed by atoms with Gasteiger partial charge in [0, 0.05) is 25.7 Å². The van der Waals surface area contributed by atoms with Gasteiger partial charge < -0.3 is 9.64 Å². The van der Waals surface area contributed by atoms with E-state index in [0.717, 1.165) is 0 Å². The fourth-order valence-corrected chi connectivity index (χ4v) is 4.11. The Kier molecular flexibility index (Phi) is 7.39. The molecule has 2 aromatic rings. The molecule has 2 aromatic carbocycles. The van der Waals surface area contributed by atoms with Gasteiger partial charge >= 0.3 is 5.97 Å². The number of carbonyl (C=O) groups excluding carboxylic acids is 2. The first-order valence-electron chi connectivity index (χ1n) is 9.23. The number of amides is 1. The van der Waals surface area contributed by atoms with Crippen LogP contribution in [0, 0.1) is 5.92 Å². The largest absolute Gasteiger partial charge is 0.469 e. The van der Waals surface area contributed by atoms with Crippen LogP contribution in [0.25, 0.3) is 0 Å². The maximum Gasteiger partial charge on any atom is 0.310 e. The van der Waals surface area contributed by atoms with Gasteiger partial charge in [-0.25, -0.2) is 8.42 Å². The lowest BCUT2D eigenvalue weighted by Gasteiger charge is -2.24. The van der Waals surface area contributed by atoms with Crippen LogP contribution in [-0.4, -0.2) is 52.4 Å². The van der Waals surface area contributed by atoms with Crippen molar-refractivity contribution in [2.75, 3.05) is 31.6 Å². The molecule has 156 valence electrons. The van der Waals surface area contributed by atoms with Crippen LogP contribution in [0.4, 0.5) is 5.69 Å². The zero-order valence-corrected chi connectivity index (χ0v) is 17.8. The van der Waals surface area contributed by atoms with Crippen molar-refractivity contribution in [1.82, 2.24) is 4.90 Å². The van der Waals surface area contributed by atoms with E-state index < -0.39 is 21.9 Å². The topological polar surface area (TPSA) is 84.0 Å². The molecular weight excluding hydrogens is 392 g/mol. The summed E-state index contributed by atoms with van der Waals surface area (Å²) in [5.41, 5.74) is 0.762. The van der Waals surface area contributed by atoms with E-state index in [4.69, 9.17) is 4.74 Å². The Labute approximate surface area is 171 Å². The molecule has 0 spiro atoms. The van der Waals surface area contributed by atoms with Crippen molar-refractivity contribution >= 4 is 27.6 Å². The Balaban J connectivity index is 2.30. The predicted molar refractivity (Wildman–Crippen MR) is 111 cm³/mol. The molecule has 0 saturated heterocycles. The van der Waals surface area contributed by atoms with E-state index in [1.54, 1.807) is 50.2 Å². The summed E-state index contributed by atoms with van der Waals surface area (Å²) >= 11 is 0. The number of para-hydroxylation sites is 1. The molecule has 0 bridgehead atoms. The third-order valence-corrected chi connectivity index (χ3v) is 6.41. The molecular formula is C21H26N2O5S. The number of ether oxygens (including phenoxy) is 1. The summed E-state index contributed by atoms with van der Waals surface area (Å²) in [5.74, 6) is -1.24. The van der Waals surface area contributed by atoms with E-state index in [0.29, 0.717) is 12.2 Å². The molecule has 0 heterocycles. The second-order valence-corrected chi connectivity index (χ2v) is 8.57. The van der Waals surface area contributed by atoms with Gasteiger partial charge in [0.2, 0.25) is 0 Å². The zero-order chi connectivity index (χ0) is 21.6. The van der Waals surface area contributed by atoms with Crippen molar-refractivity contribution in [3.05, 3.63) is 60.2 Å². The molecule has 0 radical (unpaired) electrons. The molecule has 0 saturated carbocycles. The fourth-order valence-electron chi connectivity index (χ4n) is 2.87. The summed E-state index contributed by atoms with van der Waals surface area (Å²) < 4.78 is 31.9. The third-order valence-electron chi connectivity index (χ3n) is 4.63. The van der Waals surface area contributed by atoms with Gasteiger partial charge in [-0.15, -0.1) is 0 Å². The average Bonchev–Trinajstić information content (AvgIpc) is 2.76. The number of hydrogen-bond donors (Lipinski definition) is 0. The van der Waals surface area contributed by atoms with Crippen molar-refractivity contribution in [2.24, 2.45) is 5.92 Å².